The van der Waals surface area contributed by atoms with Gasteiger partial charge in [0.25, 0.3) is 0 Å². The first kappa shape index (κ1) is 10.3. The van der Waals surface area contributed by atoms with Crippen LogP contribution in [0.2, 0.25) is 0 Å². The molecule has 0 fully saturated rings. The summed E-state index contributed by atoms with van der Waals surface area (Å²) in [4.78, 5) is 4.05. The second-order valence-electron chi connectivity index (χ2n) is 3.15. The number of ether oxygens (including phenoxy) is 2. The number of aromatic nitrogens is 1. The topological polar surface area (TPSA) is 57.4 Å². The van der Waals surface area contributed by atoms with Gasteiger partial charge in [-0.1, -0.05) is 12.1 Å². The van der Waals surface area contributed by atoms with Crippen molar-refractivity contribution in [3.8, 4) is 17.4 Å². The quantitative estimate of drug-likeness (QED) is 0.856. The maximum Gasteiger partial charge on any atom is 0.242 e. The molecule has 1 heterocycles. The van der Waals surface area contributed by atoms with E-state index >= 15 is 0 Å². The highest BCUT2D eigenvalue weighted by Gasteiger charge is 2.06. The number of hydrogen-bond acceptors (Lipinski definition) is 4. The summed E-state index contributed by atoms with van der Waals surface area (Å²) >= 11 is 0. The van der Waals surface area contributed by atoms with Gasteiger partial charge in [-0.25, -0.2) is 4.98 Å². The molecule has 2 N–H and O–H groups in total. The Hall–Kier alpha value is -2.23. The highest BCUT2D eigenvalue weighted by atomic mass is 16.5. The van der Waals surface area contributed by atoms with Gasteiger partial charge in [0.2, 0.25) is 5.88 Å². The van der Waals surface area contributed by atoms with Crippen LogP contribution >= 0.6 is 0 Å². The fraction of sp³-hybridized carbons (Fsp3) is 0.0833. The molecule has 0 saturated carbocycles. The number of rotatable bonds is 3. The number of nitrogens with two attached hydrogens (primary N) is 1. The molecule has 0 amide bonds. The van der Waals surface area contributed by atoms with E-state index in [4.69, 9.17) is 15.2 Å². The molecule has 0 saturated heterocycles. The summed E-state index contributed by atoms with van der Waals surface area (Å²) < 4.78 is 10.7. The van der Waals surface area contributed by atoms with Gasteiger partial charge in [0.05, 0.1) is 12.8 Å². The van der Waals surface area contributed by atoms with Crippen LogP contribution in [-0.2, 0) is 0 Å². The first-order chi connectivity index (χ1) is 7.81. The third kappa shape index (κ3) is 2.06. The molecule has 0 bridgehead atoms. The molecule has 2 rings (SSSR count). The van der Waals surface area contributed by atoms with Gasteiger partial charge in [-0.3, -0.25) is 0 Å². The summed E-state index contributed by atoms with van der Waals surface area (Å²) in [5.41, 5.74) is 6.23. The van der Waals surface area contributed by atoms with Crippen molar-refractivity contribution >= 4 is 5.69 Å². The van der Waals surface area contributed by atoms with Crippen molar-refractivity contribution in [2.45, 2.75) is 0 Å². The highest BCUT2D eigenvalue weighted by Crippen LogP contribution is 2.31. The normalized spacial score (nSPS) is 9.81. The maximum absolute atomic E-state index is 5.73. The zero-order valence-corrected chi connectivity index (χ0v) is 8.88. The average Bonchev–Trinajstić information content (AvgIpc) is 2.33. The Bertz CT molecular complexity index is 486. The van der Waals surface area contributed by atoms with E-state index < -0.39 is 0 Å². The van der Waals surface area contributed by atoms with Gasteiger partial charge in [-0.2, -0.15) is 0 Å². The molecule has 2 aromatic rings. The zero-order chi connectivity index (χ0) is 11.4. The van der Waals surface area contributed by atoms with Crippen molar-refractivity contribution in [3.63, 3.8) is 0 Å². The molecule has 1 aromatic carbocycles. The lowest BCUT2D eigenvalue weighted by molar-refractivity contribution is 0.375. The fourth-order valence-corrected chi connectivity index (χ4v) is 1.30. The van der Waals surface area contributed by atoms with Gasteiger partial charge in [0.15, 0.2) is 11.5 Å². The van der Waals surface area contributed by atoms with Gasteiger partial charge in [-0.05, 0) is 24.3 Å². The van der Waals surface area contributed by atoms with E-state index in [1.807, 2.05) is 18.2 Å². The van der Waals surface area contributed by atoms with Crippen molar-refractivity contribution in [2.24, 2.45) is 0 Å². The Kier molecular flexibility index (Phi) is 2.91. The van der Waals surface area contributed by atoms with Crippen molar-refractivity contribution in [1.29, 1.82) is 0 Å². The number of hydrogen-bond donors (Lipinski definition) is 1. The fourth-order valence-electron chi connectivity index (χ4n) is 1.30. The molecule has 1 aromatic heterocycles. The Labute approximate surface area is 93.6 Å². The first-order valence-electron chi connectivity index (χ1n) is 4.82. The summed E-state index contributed by atoms with van der Waals surface area (Å²) in [6, 6.07) is 10.8. The van der Waals surface area contributed by atoms with Crippen LogP contribution in [0.5, 0.6) is 17.4 Å². The molecule has 0 radical (unpaired) electrons. The number of nitrogen functional groups attached to an aromatic ring is 1. The maximum atomic E-state index is 5.73. The average molecular weight is 216 g/mol. The van der Waals surface area contributed by atoms with E-state index in [2.05, 4.69) is 4.98 Å². The lowest BCUT2D eigenvalue weighted by Crippen LogP contribution is -1.95. The highest BCUT2D eigenvalue weighted by molar-refractivity contribution is 5.50. The Morgan fingerprint density at radius 1 is 1.06 bits per heavy atom. The minimum absolute atomic E-state index is 0.381. The molecule has 0 aliphatic rings. The summed E-state index contributed by atoms with van der Waals surface area (Å²) in [6.45, 7) is 0. The SMILES string of the molecule is COc1ccccc1Oc1ncccc1N. The molecule has 0 aliphatic carbocycles. The molecule has 0 spiro atoms. The van der Waals surface area contributed by atoms with Gasteiger partial charge in [0.1, 0.15) is 0 Å². The Balaban J connectivity index is 2.30. The minimum atomic E-state index is 0.381. The molecule has 0 unspecified atom stereocenters. The van der Waals surface area contributed by atoms with E-state index in [0.29, 0.717) is 23.1 Å². The van der Waals surface area contributed by atoms with Gasteiger partial charge < -0.3 is 15.2 Å². The van der Waals surface area contributed by atoms with Crippen LogP contribution in [0, 0.1) is 0 Å². The van der Waals surface area contributed by atoms with E-state index in [-0.39, 0.29) is 0 Å². The van der Waals surface area contributed by atoms with Crippen LogP contribution in [0.3, 0.4) is 0 Å². The van der Waals surface area contributed by atoms with E-state index in [1.165, 1.54) is 0 Å². The lowest BCUT2D eigenvalue weighted by Gasteiger charge is -2.10. The van der Waals surface area contributed by atoms with Crippen molar-refractivity contribution in [3.05, 3.63) is 42.6 Å². The third-order valence-corrected chi connectivity index (χ3v) is 2.08. The predicted molar refractivity (Wildman–Crippen MR) is 61.7 cm³/mol. The standard InChI is InChI=1S/C12H12N2O2/c1-15-10-6-2-3-7-11(10)16-12-9(13)5-4-8-14-12/h2-8H,13H2,1H3. The number of anilines is 1. The van der Waals surface area contributed by atoms with Crippen molar-refractivity contribution in [2.75, 3.05) is 12.8 Å². The molecule has 0 aliphatic heterocycles. The van der Waals surface area contributed by atoms with Crippen LogP contribution < -0.4 is 15.2 Å². The smallest absolute Gasteiger partial charge is 0.242 e. The van der Waals surface area contributed by atoms with Crippen molar-refractivity contribution in [1.82, 2.24) is 4.98 Å². The van der Waals surface area contributed by atoms with Crippen LogP contribution in [0.4, 0.5) is 5.69 Å². The molecular formula is C12H12N2O2. The third-order valence-electron chi connectivity index (χ3n) is 2.08. The molecule has 4 heteroatoms. The predicted octanol–water partition coefficient (Wildman–Crippen LogP) is 2.46. The van der Waals surface area contributed by atoms with Crippen molar-refractivity contribution < 1.29 is 9.47 Å². The molecule has 16 heavy (non-hydrogen) atoms. The van der Waals surface area contributed by atoms with Crippen LogP contribution in [0.25, 0.3) is 0 Å². The Morgan fingerprint density at radius 2 is 1.81 bits per heavy atom. The van der Waals surface area contributed by atoms with Gasteiger partial charge >= 0.3 is 0 Å². The van der Waals surface area contributed by atoms with E-state index in [1.54, 1.807) is 31.5 Å². The van der Waals surface area contributed by atoms with Crippen LogP contribution in [-0.4, -0.2) is 12.1 Å². The number of nitrogens with zero attached hydrogens (tertiary/aromatic N) is 1. The van der Waals surface area contributed by atoms with Gasteiger partial charge in [0, 0.05) is 6.20 Å². The number of methoxy groups -OCH3 is 1. The van der Waals surface area contributed by atoms with E-state index in [0.717, 1.165) is 0 Å². The number of pyridine rings is 1. The molecule has 82 valence electrons. The monoisotopic (exact) mass is 216 g/mol. The molecule has 0 atom stereocenters. The van der Waals surface area contributed by atoms with Crippen LogP contribution in [0.1, 0.15) is 0 Å². The first-order valence-corrected chi connectivity index (χ1v) is 4.82. The number of para-hydroxylation sites is 2. The summed E-state index contributed by atoms with van der Waals surface area (Å²) in [7, 11) is 1.59. The second kappa shape index (κ2) is 4.53. The molecule has 4 nitrogen and oxygen atoms in total. The van der Waals surface area contributed by atoms with Crippen LogP contribution in [0.15, 0.2) is 42.6 Å². The number of benzene rings is 1. The second-order valence-corrected chi connectivity index (χ2v) is 3.15. The van der Waals surface area contributed by atoms with Gasteiger partial charge in [-0.15, -0.1) is 0 Å². The molecular weight excluding hydrogens is 204 g/mol. The Morgan fingerprint density at radius 3 is 2.50 bits per heavy atom. The minimum Gasteiger partial charge on any atom is -0.493 e. The lowest BCUT2D eigenvalue weighted by atomic mass is 10.3. The summed E-state index contributed by atoms with van der Waals surface area (Å²) in [5, 5.41) is 0. The summed E-state index contributed by atoms with van der Waals surface area (Å²) in [5.74, 6) is 1.62. The largest absolute Gasteiger partial charge is 0.493 e. The van der Waals surface area contributed by atoms with E-state index in [9.17, 15) is 0 Å². The summed E-state index contributed by atoms with van der Waals surface area (Å²) in [6.07, 6.45) is 1.63. The zero-order valence-electron chi connectivity index (χ0n) is 8.88.